The Morgan fingerprint density at radius 1 is 1.88 bits per heavy atom. The Balaban J connectivity index is 2.97. The van der Waals surface area contributed by atoms with Crippen LogP contribution in [0.1, 0.15) is 6.92 Å². The highest BCUT2D eigenvalue weighted by Crippen LogP contribution is 1.98. The molecule has 1 atom stereocenters. The number of ether oxygens (including phenoxy) is 1. The SMILES string of the molecule is COC(C)CSC=O. The van der Waals surface area contributed by atoms with Gasteiger partial charge in [0.25, 0.3) is 0 Å². The van der Waals surface area contributed by atoms with E-state index in [0.717, 1.165) is 11.4 Å². The molecule has 0 aliphatic rings. The molecule has 0 aromatic rings. The van der Waals surface area contributed by atoms with Gasteiger partial charge in [-0.05, 0) is 6.92 Å². The third-order valence-electron chi connectivity index (χ3n) is 0.801. The third-order valence-corrected chi connectivity index (χ3v) is 1.60. The zero-order chi connectivity index (χ0) is 6.41. The fourth-order valence-corrected chi connectivity index (χ4v) is 0.729. The van der Waals surface area contributed by atoms with E-state index >= 15 is 0 Å². The molecule has 0 saturated heterocycles. The average molecular weight is 134 g/mol. The Labute approximate surface area is 53.6 Å². The van der Waals surface area contributed by atoms with Gasteiger partial charge in [0.05, 0.1) is 6.10 Å². The van der Waals surface area contributed by atoms with E-state index in [4.69, 9.17) is 4.74 Å². The second-order valence-electron chi connectivity index (χ2n) is 1.48. The number of methoxy groups -OCH3 is 1. The van der Waals surface area contributed by atoms with Gasteiger partial charge in [0.1, 0.15) is 0 Å². The molecule has 8 heavy (non-hydrogen) atoms. The van der Waals surface area contributed by atoms with Gasteiger partial charge in [-0.25, -0.2) is 0 Å². The minimum Gasteiger partial charge on any atom is -0.381 e. The van der Waals surface area contributed by atoms with Crippen LogP contribution < -0.4 is 0 Å². The first-order chi connectivity index (χ1) is 3.81. The molecule has 0 N–H and O–H groups in total. The molecular formula is C5H10O2S. The lowest BCUT2D eigenvalue weighted by Crippen LogP contribution is -2.07. The van der Waals surface area contributed by atoms with Crippen molar-refractivity contribution in [2.75, 3.05) is 12.9 Å². The van der Waals surface area contributed by atoms with Crippen molar-refractivity contribution in [2.45, 2.75) is 13.0 Å². The minimum atomic E-state index is 0.185. The molecule has 0 spiro atoms. The number of hydrogen-bond donors (Lipinski definition) is 0. The van der Waals surface area contributed by atoms with Crippen molar-refractivity contribution in [1.29, 1.82) is 0 Å². The van der Waals surface area contributed by atoms with E-state index in [1.54, 1.807) is 7.11 Å². The van der Waals surface area contributed by atoms with Crippen LogP contribution in [0.5, 0.6) is 0 Å². The summed E-state index contributed by atoms with van der Waals surface area (Å²) in [6, 6.07) is 0. The Kier molecular flexibility index (Phi) is 5.11. The van der Waals surface area contributed by atoms with Gasteiger partial charge in [-0.3, -0.25) is 4.79 Å². The first-order valence-electron chi connectivity index (χ1n) is 2.39. The Bertz CT molecular complexity index is 65.4. The summed E-state index contributed by atoms with van der Waals surface area (Å²) in [5.41, 5.74) is 0.829. The van der Waals surface area contributed by atoms with Crippen molar-refractivity contribution >= 4 is 17.4 Å². The molecule has 0 bridgehead atoms. The standard InChI is InChI=1S/C5H10O2S/c1-5(7-2)3-8-4-6/h4-5H,3H2,1-2H3. The van der Waals surface area contributed by atoms with Crippen molar-refractivity contribution in [1.82, 2.24) is 0 Å². The van der Waals surface area contributed by atoms with E-state index in [-0.39, 0.29) is 6.10 Å². The molecule has 48 valence electrons. The Morgan fingerprint density at radius 3 is 2.88 bits per heavy atom. The van der Waals surface area contributed by atoms with E-state index in [2.05, 4.69) is 0 Å². The molecule has 0 saturated carbocycles. The maximum absolute atomic E-state index is 9.73. The number of carbonyl (C=O) groups is 1. The normalized spacial score (nSPS) is 13.2. The quantitative estimate of drug-likeness (QED) is 0.535. The van der Waals surface area contributed by atoms with E-state index in [0.29, 0.717) is 0 Å². The molecule has 0 aromatic heterocycles. The summed E-state index contributed by atoms with van der Waals surface area (Å²) < 4.78 is 4.87. The van der Waals surface area contributed by atoms with Crippen molar-refractivity contribution in [3.63, 3.8) is 0 Å². The summed E-state index contributed by atoms with van der Waals surface area (Å²) in [6.45, 7) is 1.93. The van der Waals surface area contributed by atoms with Crippen LogP contribution >= 0.6 is 11.8 Å². The second kappa shape index (κ2) is 5.12. The smallest absolute Gasteiger partial charge is 0.176 e. The number of carbonyl (C=O) groups excluding carboxylic acids is 1. The second-order valence-corrected chi connectivity index (χ2v) is 2.33. The van der Waals surface area contributed by atoms with Gasteiger partial charge >= 0.3 is 0 Å². The molecule has 0 rings (SSSR count). The van der Waals surface area contributed by atoms with Crippen LogP contribution in [0, 0.1) is 0 Å². The molecule has 0 aliphatic heterocycles. The first-order valence-corrected chi connectivity index (χ1v) is 3.44. The summed E-state index contributed by atoms with van der Waals surface area (Å²) in [5.74, 6) is 0.750. The largest absolute Gasteiger partial charge is 0.381 e. The van der Waals surface area contributed by atoms with Crippen LogP contribution in [-0.4, -0.2) is 24.6 Å². The lowest BCUT2D eigenvalue weighted by atomic mass is 10.5. The van der Waals surface area contributed by atoms with Gasteiger partial charge in [-0.15, -0.1) is 0 Å². The summed E-state index contributed by atoms with van der Waals surface area (Å²) >= 11 is 1.24. The van der Waals surface area contributed by atoms with Crippen LogP contribution in [0.25, 0.3) is 0 Å². The summed E-state index contributed by atoms with van der Waals surface area (Å²) in [6.07, 6.45) is 0.185. The average Bonchev–Trinajstić information content (AvgIpc) is 1.83. The zero-order valence-corrected chi connectivity index (χ0v) is 5.90. The monoisotopic (exact) mass is 134 g/mol. The number of rotatable bonds is 4. The highest BCUT2D eigenvalue weighted by atomic mass is 32.2. The topological polar surface area (TPSA) is 26.3 Å². The molecule has 0 heterocycles. The fraction of sp³-hybridized carbons (Fsp3) is 0.800. The molecule has 0 fully saturated rings. The molecule has 2 nitrogen and oxygen atoms in total. The van der Waals surface area contributed by atoms with E-state index in [1.807, 2.05) is 6.92 Å². The molecule has 1 unspecified atom stereocenters. The molecule has 0 aromatic carbocycles. The van der Waals surface area contributed by atoms with Crippen molar-refractivity contribution in [2.24, 2.45) is 0 Å². The number of thioether (sulfide) groups is 1. The summed E-state index contributed by atoms with van der Waals surface area (Å²) in [5, 5.41) is 0. The molecule has 0 radical (unpaired) electrons. The zero-order valence-electron chi connectivity index (χ0n) is 5.09. The molecule has 3 heteroatoms. The van der Waals surface area contributed by atoms with Crippen LogP contribution in [0.3, 0.4) is 0 Å². The van der Waals surface area contributed by atoms with E-state index in [1.165, 1.54) is 11.8 Å². The van der Waals surface area contributed by atoms with Crippen LogP contribution in [-0.2, 0) is 9.53 Å². The first kappa shape index (κ1) is 7.98. The fourth-order valence-electron chi connectivity index (χ4n) is 0.243. The number of hydrogen-bond acceptors (Lipinski definition) is 3. The van der Waals surface area contributed by atoms with Gasteiger partial charge < -0.3 is 4.74 Å². The van der Waals surface area contributed by atoms with Crippen LogP contribution in [0.2, 0.25) is 0 Å². The molecule has 0 amide bonds. The van der Waals surface area contributed by atoms with Crippen molar-refractivity contribution in [3.8, 4) is 0 Å². The van der Waals surface area contributed by atoms with E-state index < -0.39 is 0 Å². The van der Waals surface area contributed by atoms with Crippen molar-refractivity contribution in [3.05, 3.63) is 0 Å². The van der Waals surface area contributed by atoms with E-state index in [9.17, 15) is 4.79 Å². The van der Waals surface area contributed by atoms with Crippen LogP contribution in [0.4, 0.5) is 0 Å². The maximum atomic E-state index is 9.73. The molecular weight excluding hydrogens is 124 g/mol. The maximum Gasteiger partial charge on any atom is 0.176 e. The van der Waals surface area contributed by atoms with Gasteiger partial charge in [-0.1, -0.05) is 11.8 Å². The highest BCUT2D eigenvalue weighted by molar-refractivity contribution is 8.11. The lowest BCUT2D eigenvalue weighted by molar-refractivity contribution is 0.138. The van der Waals surface area contributed by atoms with Gasteiger partial charge in [-0.2, -0.15) is 0 Å². The predicted octanol–water partition coefficient (Wildman–Crippen LogP) is 0.945. The van der Waals surface area contributed by atoms with Crippen LogP contribution in [0.15, 0.2) is 0 Å². The summed E-state index contributed by atoms with van der Waals surface area (Å²) in [7, 11) is 1.63. The van der Waals surface area contributed by atoms with Gasteiger partial charge in [0.2, 0.25) is 0 Å². The lowest BCUT2D eigenvalue weighted by Gasteiger charge is -2.03. The summed E-state index contributed by atoms with van der Waals surface area (Å²) in [4.78, 5) is 9.73. The van der Waals surface area contributed by atoms with Gasteiger partial charge in [0, 0.05) is 12.9 Å². The Hall–Kier alpha value is -0.0200. The Morgan fingerprint density at radius 2 is 2.50 bits per heavy atom. The minimum absolute atomic E-state index is 0.185. The molecule has 0 aliphatic carbocycles. The van der Waals surface area contributed by atoms with Crippen molar-refractivity contribution < 1.29 is 9.53 Å². The van der Waals surface area contributed by atoms with Gasteiger partial charge in [0.15, 0.2) is 5.62 Å². The third kappa shape index (κ3) is 4.15. The highest BCUT2D eigenvalue weighted by Gasteiger charge is 1.95. The predicted molar refractivity (Wildman–Crippen MR) is 35.7 cm³/mol.